The predicted octanol–water partition coefficient (Wildman–Crippen LogP) is 2.61. The third-order valence-corrected chi connectivity index (χ3v) is 3.91. The zero-order valence-corrected chi connectivity index (χ0v) is 13.9. The van der Waals surface area contributed by atoms with E-state index in [2.05, 4.69) is 34.7 Å². The van der Waals surface area contributed by atoms with Crippen molar-refractivity contribution in [1.29, 1.82) is 0 Å². The lowest BCUT2D eigenvalue weighted by Gasteiger charge is -2.18. The molecule has 0 aliphatic rings. The first-order valence-corrected chi connectivity index (χ1v) is 7.87. The smallest absolute Gasteiger partial charge is 0.356 e. The molecule has 1 aromatic rings. The Hall–Kier alpha value is -1.28. The fraction of sp³-hybridized carbons (Fsp3) is 0.643. The van der Waals surface area contributed by atoms with Crippen LogP contribution in [0.1, 0.15) is 16.2 Å². The number of nitrogens with one attached hydrogen (secondary N) is 2. The predicted molar refractivity (Wildman–Crippen MR) is 85.4 cm³/mol. The summed E-state index contributed by atoms with van der Waals surface area (Å²) in [5.41, 5.74) is 0. The maximum Gasteiger partial charge on any atom is 0.401 e. The third-order valence-electron chi connectivity index (χ3n) is 2.91. The number of thiophene rings is 1. The first-order chi connectivity index (χ1) is 10.3. The van der Waals surface area contributed by atoms with Crippen molar-refractivity contribution < 1.29 is 13.2 Å². The van der Waals surface area contributed by atoms with Crippen LogP contribution in [0.25, 0.3) is 0 Å². The normalized spacial score (nSPS) is 12.8. The lowest BCUT2D eigenvalue weighted by molar-refractivity contribution is -0.143. The molecule has 0 unspecified atom stereocenters. The number of rotatable bonds is 7. The quantitative estimate of drug-likeness (QED) is 0.457. The Morgan fingerprint density at radius 1 is 1.32 bits per heavy atom. The molecule has 8 heteroatoms. The van der Waals surface area contributed by atoms with Crippen LogP contribution in [0.4, 0.5) is 13.2 Å². The van der Waals surface area contributed by atoms with E-state index in [4.69, 9.17) is 0 Å². The van der Waals surface area contributed by atoms with Gasteiger partial charge in [-0.2, -0.15) is 13.2 Å². The number of guanidine groups is 1. The highest BCUT2D eigenvalue weighted by atomic mass is 32.1. The molecule has 2 N–H and O–H groups in total. The second-order valence-corrected chi connectivity index (χ2v) is 6.44. The van der Waals surface area contributed by atoms with Gasteiger partial charge < -0.3 is 10.6 Å². The molecular formula is C14H23F3N4S. The molecular weight excluding hydrogens is 313 g/mol. The van der Waals surface area contributed by atoms with E-state index in [1.807, 2.05) is 0 Å². The van der Waals surface area contributed by atoms with Gasteiger partial charge in [0.05, 0.1) is 13.1 Å². The van der Waals surface area contributed by atoms with Crippen molar-refractivity contribution >= 4 is 17.3 Å². The highest BCUT2D eigenvalue weighted by Crippen LogP contribution is 2.15. The van der Waals surface area contributed by atoms with Crippen LogP contribution in [-0.4, -0.2) is 50.8 Å². The summed E-state index contributed by atoms with van der Waals surface area (Å²) in [6.07, 6.45) is -3.52. The van der Waals surface area contributed by atoms with Crippen molar-refractivity contribution in [3.8, 4) is 0 Å². The minimum absolute atomic E-state index is 0.383. The van der Waals surface area contributed by atoms with Crippen molar-refractivity contribution in [2.45, 2.75) is 26.1 Å². The molecule has 0 amide bonds. The summed E-state index contributed by atoms with van der Waals surface area (Å²) in [7, 11) is 3.14. The van der Waals surface area contributed by atoms with E-state index in [9.17, 15) is 13.2 Å². The van der Waals surface area contributed by atoms with E-state index >= 15 is 0 Å². The molecule has 0 aromatic carbocycles. The summed E-state index contributed by atoms with van der Waals surface area (Å²) in [4.78, 5) is 7.83. The number of aryl methyl sites for hydroxylation is 1. The van der Waals surface area contributed by atoms with Gasteiger partial charge >= 0.3 is 6.18 Å². The summed E-state index contributed by atoms with van der Waals surface area (Å²) in [5.74, 6) is 0.657. The van der Waals surface area contributed by atoms with Crippen molar-refractivity contribution in [1.82, 2.24) is 15.5 Å². The van der Waals surface area contributed by atoms with Gasteiger partial charge in [-0.15, -0.1) is 11.3 Å². The van der Waals surface area contributed by atoms with Crippen LogP contribution >= 0.6 is 11.3 Å². The maximum atomic E-state index is 12.2. The van der Waals surface area contributed by atoms with Gasteiger partial charge in [0.15, 0.2) is 5.96 Å². The van der Waals surface area contributed by atoms with Crippen molar-refractivity contribution in [3.05, 3.63) is 21.9 Å². The molecule has 0 aliphatic heterocycles. The number of hydrogen-bond acceptors (Lipinski definition) is 3. The van der Waals surface area contributed by atoms with Gasteiger partial charge in [0.2, 0.25) is 0 Å². The highest BCUT2D eigenvalue weighted by Gasteiger charge is 2.28. The van der Waals surface area contributed by atoms with Gasteiger partial charge in [0.1, 0.15) is 0 Å². The topological polar surface area (TPSA) is 39.7 Å². The minimum Gasteiger partial charge on any atom is -0.356 e. The number of halogens is 3. The minimum atomic E-state index is -4.14. The Labute approximate surface area is 133 Å². The van der Waals surface area contributed by atoms with Crippen LogP contribution in [0.15, 0.2) is 17.1 Å². The van der Waals surface area contributed by atoms with E-state index in [0.717, 1.165) is 0 Å². The van der Waals surface area contributed by atoms with E-state index in [0.29, 0.717) is 32.0 Å². The van der Waals surface area contributed by atoms with Crippen molar-refractivity contribution in [3.63, 3.8) is 0 Å². The summed E-state index contributed by atoms with van der Waals surface area (Å²) in [6, 6.07) is 4.13. The average molecular weight is 336 g/mol. The van der Waals surface area contributed by atoms with E-state index in [-0.39, 0.29) is 0 Å². The van der Waals surface area contributed by atoms with Gasteiger partial charge in [0.25, 0.3) is 0 Å². The zero-order chi connectivity index (χ0) is 16.6. The largest absolute Gasteiger partial charge is 0.401 e. The first-order valence-electron chi connectivity index (χ1n) is 7.05. The van der Waals surface area contributed by atoms with Crippen molar-refractivity contribution in [2.24, 2.45) is 4.99 Å². The molecule has 126 valence electrons. The summed E-state index contributed by atoms with van der Waals surface area (Å²) >= 11 is 1.72. The fourth-order valence-electron chi connectivity index (χ4n) is 1.91. The molecule has 4 nitrogen and oxygen atoms in total. The lowest BCUT2D eigenvalue weighted by atomic mass is 10.4. The number of aliphatic imine (C=N–C) groups is 1. The summed E-state index contributed by atoms with van der Waals surface area (Å²) < 4.78 is 36.5. The molecule has 1 heterocycles. The molecule has 0 saturated carbocycles. The average Bonchev–Trinajstić information content (AvgIpc) is 2.81. The summed E-state index contributed by atoms with van der Waals surface area (Å²) in [6.45, 7) is 2.82. The fourth-order valence-corrected chi connectivity index (χ4v) is 2.74. The Balaban J connectivity index is 2.19. The van der Waals surface area contributed by atoms with Gasteiger partial charge in [0, 0.05) is 23.3 Å². The van der Waals surface area contributed by atoms with Gasteiger partial charge in [-0.25, -0.2) is 0 Å². The molecule has 0 atom stereocenters. The molecule has 0 aliphatic carbocycles. The highest BCUT2D eigenvalue weighted by molar-refractivity contribution is 7.11. The van der Waals surface area contributed by atoms with E-state index in [1.54, 1.807) is 18.4 Å². The third kappa shape index (κ3) is 8.23. The summed E-state index contributed by atoms with van der Waals surface area (Å²) in [5, 5.41) is 6.28. The Bertz CT molecular complexity index is 471. The molecule has 1 rings (SSSR count). The van der Waals surface area contributed by atoms with Crippen LogP contribution in [0, 0.1) is 6.92 Å². The SMILES string of the molecule is CN=C(NCCCN(C)CC(F)(F)F)NCc1ccc(C)s1. The van der Waals surface area contributed by atoms with Crippen LogP contribution in [0.3, 0.4) is 0 Å². The van der Waals surface area contributed by atoms with Crippen molar-refractivity contribution in [2.75, 3.05) is 33.7 Å². The van der Waals surface area contributed by atoms with Crippen LogP contribution in [0.5, 0.6) is 0 Å². The monoisotopic (exact) mass is 336 g/mol. The van der Waals surface area contributed by atoms with Gasteiger partial charge in [-0.05, 0) is 39.1 Å². The standard InChI is InChI=1S/C14H23F3N4S/c1-11-5-6-12(22-11)9-20-13(18-2)19-7-4-8-21(3)10-14(15,16)17/h5-6H,4,7-10H2,1-3H3,(H2,18,19,20). The maximum absolute atomic E-state index is 12.2. The van der Waals surface area contributed by atoms with Crippen LogP contribution < -0.4 is 10.6 Å². The number of alkyl halides is 3. The second-order valence-electron chi connectivity index (χ2n) is 5.07. The zero-order valence-electron chi connectivity index (χ0n) is 13.1. The first kappa shape index (κ1) is 18.8. The second kappa shape index (κ2) is 8.99. The molecule has 0 bridgehead atoms. The van der Waals surface area contributed by atoms with E-state index < -0.39 is 12.7 Å². The van der Waals surface area contributed by atoms with Crippen LogP contribution in [-0.2, 0) is 6.54 Å². The Morgan fingerprint density at radius 3 is 2.59 bits per heavy atom. The molecule has 22 heavy (non-hydrogen) atoms. The lowest BCUT2D eigenvalue weighted by Crippen LogP contribution is -2.38. The van der Waals surface area contributed by atoms with E-state index in [1.165, 1.54) is 21.7 Å². The number of nitrogens with zero attached hydrogens (tertiary/aromatic N) is 2. The molecule has 0 saturated heterocycles. The van der Waals surface area contributed by atoms with Gasteiger partial charge in [-0.1, -0.05) is 0 Å². The molecule has 0 spiro atoms. The molecule has 0 fully saturated rings. The Morgan fingerprint density at radius 2 is 2.05 bits per heavy atom. The van der Waals surface area contributed by atoms with Gasteiger partial charge in [-0.3, -0.25) is 9.89 Å². The number of hydrogen-bond donors (Lipinski definition) is 2. The molecule has 0 radical (unpaired) electrons. The Kier molecular flexibility index (Phi) is 7.67. The molecule has 1 aromatic heterocycles. The van der Waals surface area contributed by atoms with Crippen LogP contribution in [0.2, 0.25) is 0 Å².